The van der Waals surface area contributed by atoms with E-state index in [9.17, 15) is 0 Å². The summed E-state index contributed by atoms with van der Waals surface area (Å²) in [7, 11) is 0. The number of unbranched alkanes of at least 4 members (excludes halogenated alkanes) is 2. The van der Waals surface area contributed by atoms with Crippen molar-refractivity contribution < 1.29 is 0 Å². The van der Waals surface area contributed by atoms with Crippen LogP contribution in [0, 0.1) is 0 Å². The summed E-state index contributed by atoms with van der Waals surface area (Å²) in [6.07, 6.45) is 5.20. The number of hydrogen-bond donors (Lipinski definition) is 0. The molecular weight excluding hydrogens is 143 g/mol. The second-order valence-corrected chi connectivity index (χ2v) is 1.77. The predicted octanol–water partition coefficient (Wildman–Crippen LogP) is 3.27. The van der Waals surface area contributed by atoms with Crippen molar-refractivity contribution >= 4 is 23.2 Å². The number of hydrogen-bond acceptors (Lipinski definition) is 0. The summed E-state index contributed by atoms with van der Waals surface area (Å²) in [5.41, 5.74) is 0. The highest BCUT2D eigenvalue weighted by Gasteiger charge is 1.76. The minimum absolute atomic E-state index is 0.827. The molecule has 52 valence electrons. The van der Waals surface area contributed by atoms with Crippen LogP contribution in [0.4, 0.5) is 0 Å². The summed E-state index contributed by atoms with van der Waals surface area (Å²) < 4.78 is 0. The Hall–Kier alpha value is 0.580. The van der Waals surface area contributed by atoms with Crippen molar-refractivity contribution in [1.29, 1.82) is 0 Å². The fourth-order valence-electron chi connectivity index (χ4n) is 0.344. The third kappa shape index (κ3) is 16.0. The molecule has 0 atom stereocenters. The molecule has 0 heterocycles. The Kier molecular flexibility index (Phi) is 22.3. The molecule has 0 aromatic heterocycles. The SMILES string of the molecule is CCCCCCl.CCl. The fraction of sp³-hybridized carbons (Fsp3) is 1.00. The summed E-state index contributed by atoms with van der Waals surface area (Å²) in [5, 5.41) is 0. The van der Waals surface area contributed by atoms with Gasteiger partial charge < -0.3 is 0 Å². The number of rotatable bonds is 3. The zero-order chi connectivity index (χ0) is 6.83. The first-order valence-electron chi connectivity index (χ1n) is 2.85. The van der Waals surface area contributed by atoms with Crippen LogP contribution >= 0.6 is 23.2 Å². The molecule has 8 heavy (non-hydrogen) atoms. The first-order valence-corrected chi connectivity index (χ1v) is 4.14. The molecule has 0 amide bonds. The molecule has 0 spiro atoms. The van der Waals surface area contributed by atoms with Crippen LogP contribution in [0.1, 0.15) is 26.2 Å². The molecule has 0 fully saturated rings. The Morgan fingerprint density at radius 1 is 1.12 bits per heavy atom. The van der Waals surface area contributed by atoms with Gasteiger partial charge in [-0.05, 0) is 6.42 Å². The lowest BCUT2D eigenvalue weighted by molar-refractivity contribution is 0.776. The lowest BCUT2D eigenvalue weighted by Crippen LogP contribution is -1.70. The highest BCUT2D eigenvalue weighted by molar-refractivity contribution is 6.17. The lowest BCUT2D eigenvalue weighted by Gasteiger charge is -1.84. The molecule has 0 aliphatic rings. The molecular formula is C6H14Cl2. The third-order valence-electron chi connectivity index (χ3n) is 0.737. The average molecular weight is 157 g/mol. The second kappa shape index (κ2) is 15.6. The molecule has 0 nitrogen and oxygen atoms in total. The summed E-state index contributed by atoms with van der Waals surface area (Å²) in [6, 6.07) is 0. The maximum atomic E-state index is 5.38. The first kappa shape index (κ1) is 11.4. The number of halogens is 2. The van der Waals surface area contributed by atoms with Gasteiger partial charge >= 0.3 is 0 Å². The van der Waals surface area contributed by atoms with Crippen LogP contribution in [0.3, 0.4) is 0 Å². The molecule has 0 aliphatic heterocycles. The number of alkyl halides is 2. The highest BCUT2D eigenvalue weighted by Crippen LogP contribution is 1.93. The van der Waals surface area contributed by atoms with Gasteiger partial charge in [-0.1, -0.05) is 19.8 Å². The Morgan fingerprint density at radius 3 is 1.75 bits per heavy atom. The van der Waals surface area contributed by atoms with Gasteiger partial charge in [0.1, 0.15) is 0 Å². The second-order valence-electron chi connectivity index (χ2n) is 1.40. The molecule has 0 saturated carbocycles. The van der Waals surface area contributed by atoms with Crippen molar-refractivity contribution in [3.05, 3.63) is 0 Å². The topological polar surface area (TPSA) is 0 Å². The molecule has 0 aromatic rings. The molecule has 0 saturated heterocycles. The quantitative estimate of drug-likeness (QED) is 0.435. The van der Waals surface area contributed by atoms with Crippen molar-refractivity contribution in [1.82, 2.24) is 0 Å². The van der Waals surface area contributed by atoms with E-state index in [0.717, 1.165) is 5.88 Å². The summed E-state index contributed by atoms with van der Waals surface area (Å²) in [5.74, 6) is 0.827. The first-order chi connectivity index (χ1) is 3.91. The van der Waals surface area contributed by atoms with Crippen LogP contribution in [0.2, 0.25) is 0 Å². The van der Waals surface area contributed by atoms with Gasteiger partial charge in [-0.2, -0.15) is 0 Å². The predicted molar refractivity (Wildman–Crippen MR) is 42.0 cm³/mol. The van der Waals surface area contributed by atoms with Crippen LogP contribution in [0.15, 0.2) is 0 Å². The molecule has 0 aromatic carbocycles. The van der Waals surface area contributed by atoms with Gasteiger partial charge in [0.25, 0.3) is 0 Å². The maximum Gasteiger partial charge on any atom is 0.0223 e. The van der Waals surface area contributed by atoms with Crippen molar-refractivity contribution in [2.24, 2.45) is 0 Å². The fourth-order valence-corrected chi connectivity index (χ4v) is 0.533. The smallest absolute Gasteiger partial charge is 0.0223 e. The van der Waals surface area contributed by atoms with Crippen molar-refractivity contribution in [2.75, 3.05) is 12.3 Å². The van der Waals surface area contributed by atoms with Gasteiger partial charge in [0.05, 0.1) is 0 Å². The molecule has 0 aliphatic carbocycles. The van der Waals surface area contributed by atoms with Crippen LogP contribution in [0.25, 0.3) is 0 Å². The van der Waals surface area contributed by atoms with E-state index in [4.69, 9.17) is 11.6 Å². The van der Waals surface area contributed by atoms with Gasteiger partial charge in [-0.25, -0.2) is 0 Å². The van der Waals surface area contributed by atoms with Gasteiger partial charge in [0.2, 0.25) is 0 Å². The van der Waals surface area contributed by atoms with Crippen molar-refractivity contribution in [2.45, 2.75) is 26.2 Å². The van der Waals surface area contributed by atoms with E-state index < -0.39 is 0 Å². The van der Waals surface area contributed by atoms with Crippen LogP contribution in [-0.4, -0.2) is 12.3 Å². The minimum atomic E-state index is 0.827. The van der Waals surface area contributed by atoms with Gasteiger partial charge in [-0.15, -0.1) is 23.2 Å². The summed E-state index contributed by atoms with van der Waals surface area (Å²) >= 11 is 10.0. The monoisotopic (exact) mass is 156 g/mol. The van der Waals surface area contributed by atoms with Gasteiger partial charge in [-0.3, -0.25) is 0 Å². The highest BCUT2D eigenvalue weighted by atomic mass is 35.5. The third-order valence-corrected chi connectivity index (χ3v) is 1.00. The molecule has 2 heteroatoms. The van der Waals surface area contributed by atoms with Crippen molar-refractivity contribution in [3.8, 4) is 0 Å². The zero-order valence-corrected chi connectivity index (χ0v) is 7.10. The Labute approximate surface area is 62.2 Å². The summed E-state index contributed by atoms with van der Waals surface area (Å²) in [6.45, 7) is 2.17. The Morgan fingerprint density at radius 2 is 1.62 bits per heavy atom. The van der Waals surface area contributed by atoms with Crippen LogP contribution in [-0.2, 0) is 0 Å². The lowest BCUT2D eigenvalue weighted by atomic mass is 10.3. The van der Waals surface area contributed by atoms with Crippen LogP contribution in [0.5, 0.6) is 0 Å². The largest absolute Gasteiger partial charge is 0.130 e. The Balaban J connectivity index is 0. The molecule has 0 rings (SSSR count). The minimum Gasteiger partial charge on any atom is -0.130 e. The molecule has 0 unspecified atom stereocenters. The van der Waals surface area contributed by atoms with E-state index in [2.05, 4.69) is 18.5 Å². The van der Waals surface area contributed by atoms with Crippen molar-refractivity contribution in [3.63, 3.8) is 0 Å². The van der Waals surface area contributed by atoms with E-state index in [1.165, 1.54) is 25.6 Å². The molecule has 0 N–H and O–H groups in total. The van der Waals surface area contributed by atoms with E-state index >= 15 is 0 Å². The van der Waals surface area contributed by atoms with Crippen LogP contribution < -0.4 is 0 Å². The normalized spacial score (nSPS) is 7.50. The molecule has 0 radical (unpaired) electrons. The average Bonchev–Trinajstić information content (AvgIpc) is 1.88. The van der Waals surface area contributed by atoms with Gasteiger partial charge in [0, 0.05) is 12.3 Å². The zero-order valence-electron chi connectivity index (χ0n) is 5.58. The Bertz CT molecular complexity index is 18.5. The van der Waals surface area contributed by atoms with E-state index in [1.54, 1.807) is 0 Å². The van der Waals surface area contributed by atoms with E-state index in [-0.39, 0.29) is 0 Å². The van der Waals surface area contributed by atoms with E-state index in [0.29, 0.717) is 0 Å². The van der Waals surface area contributed by atoms with Gasteiger partial charge in [0.15, 0.2) is 0 Å². The molecule has 0 bridgehead atoms. The standard InChI is InChI=1S/C5H11Cl.CH3Cl/c1-2-3-4-5-6;1-2/h2-5H2,1H3;1H3. The van der Waals surface area contributed by atoms with E-state index in [1.807, 2.05) is 0 Å². The summed E-state index contributed by atoms with van der Waals surface area (Å²) in [4.78, 5) is 0. The maximum absolute atomic E-state index is 5.38.